The third-order valence-electron chi connectivity index (χ3n) is 16.8. The van der Waals surface area contributed by atoms with Gasteiger partial charge in [0.1, 0.15) is 67.1 Å². The van der Waals surface area contributed by atoms with E-state index >= 15 is 0 Å². The number of carboxylic acids is 1. The van der Waals surface area contributed by atoms with Gasteiger partial charge in [0.05, 0.1) is 50.7 Å². The van der Waals surface area contributed by atoms with Crippen LogP contribution in [-0.2, 0) is 42.8 Å². The standard InChI is InChI=1S/C61H114N2O21/c1-4-6-8-10-12-14-16-18-20-22-24-26-28-30-32-34-43(68)42(63-48(71)35-33-31-29-27-25-23-21-19-17-15-13-11-9-7-5-2)40-79-58-53(75)52(74)55(47(39-66)81-58)82-59-54(76)57(51(73)46(38-65)80-59)84-61(60(77)78)36-44(69)49(62-41(3)67)56(83-61)50(72)45(70)37-64/h42-47,49-59,64-66,68-70,72-76H,4-40H2,1-3H3,(H,62,67)(H,63,71)(H,77,78). The first-order valence-corrected chi connectivity index (χ1v) is 32.4. The molecule has 0 aliphatic carbocycles. The third-order valence-corrected chi connectivity index (χ3v) is 16.8. The Balaban J connectivity index is 1.64. The molecule has 3 saturated heterocycles. The molecule has 0 bridgehead atoms. The van der Waals surface area contributed by atoms with Gasteiger partial charge in [0.2, 0.25) is 11.8 Å². The molecule has 494 valence electrons. The van der Waals surface area contributed by atoms with Crippen LogP contribution in [0.5, 0.6) is 0 Å². The van der Waals surface area contributed by atoms with Crippen LogP contribution in [0.2, 0.25) is 0 Å². The number of nitrogens with one attached hydrogen (secondary N) is 2. The fourth-order valence-corrected chi connectivity index (χ4v) is 11.6. The van der Waals surface area contributed by atoms with E-state index in [1.54, 1.807) is 0 Å². The van der Waals surface area contributed by atoms with Crippen molar-refractivity contribution in [2.75, 3.05) is 26.4 Å². The Labute approximate surface area is 499 Å². The summed E-state index contributed by atoms with van der Waals surface area (Å²) in [5.41, 5.74) is 0. The van der Waals surface area contributed by atoms with Gasteiger partial charge in [-0.2, -0.15) is 0 Å². The van der Waals surface area contributed by atoms with E-state index in [0.29, 0.717) is 19.3 Å². The number of carbonyl (C=O) groups is 3. The number of carboxylic acid groups (broad SMARTS) is 1. The number of aliphatic hydroxyl groups excluding tert-OH is 11. The van der Waals surface area contributed by atoms with Gasteiger partial charge in [0.25, 0.3) is 5.79 Å². The van der Waals surface area contributed by atoms with Gasteiger partial charge >= 0.3 is 5.97 Å². The Kier molecular flexibility index (Phi) is 39.3. The average Bonchev–Trinajstić information content (AvgIpc) is 1.25. The van der Waals surface area contributed by atoms with Crippen molar-refractivity contribution in [2.24, 2.45) is 0 Å². The first kappa shape index (κ1) is 76.0. The molecule has 0 radical (unpaired) electrons. The van der Waals surface area contributed by atoms with E-state index in [1.807, 2.05) is 0 Å². The maximum atomic E-state index is 13.4. The fraction of sp³-hybridized carbons (Fsp3) is 0.951. The molecule has 3 rings (SSSR count). The minimum atomic E-state index is -3.08. The van der Waals surface area contributed by atoms with Crippen LogP contribution in [-0.4, -0.2) is 215 Å². The van der Waals surface area contributed by atoms with Crippen LogP contribution >= 0.6 is 0 Å². The van der Waals surface area contributed by atoms with Crippen LogP contribution in [0.4, 0.5) is 0 Å². The number of ether oxygens (including phenoxy) is 6. The second kappa shape index (κ2) is 43.4. The summed E-state index contributed by atoms with van der Waals surface area (Å²) in [4.78, 5) is 38.4. The SMILES string of the molecule is CCCCCCCCCCCCCCCCCC(=O)NC(COC1OC(CO)C(OC2OC(CO)C(O)C(OC3(C(=O)O)CC(O)C(NC(C)=O)C(C(O)C(O)CO)O3)C2O)C(O)C1O)C(O)CCCCCCCCCCCCCCCCC. The van der Waals surface area contributed by atoms with Crippen molar-refractivity contribution in [1.82, 2.24) is 10.6 Å². The molecular formula is C61H114N2O21. The third kappa shape index (κ3) is 26.8. The Morgan fingerprint density at radius 2 is 1.04 bits per heavy atom. The number of hydrogen-bond donors (Lipinski definition) is 14. The number of rotatable bonds is 48. The molecule has 18 unspecified atom stereocenters. The molecule has 2 amide bonds. The lowest BCUT2D eigenvalue weighted by Gasteiger charge is -2.50. The van der Waals surface area contributed by atoms with E-state index in [-0.39, 0.29) is 18.9 Å². The fourth-order valence-electron chi connectivity index (χ4n) is 11.6. The van der Waals surface area contributed by atoms with E-state index in [2.05, 4.69) is 24.5 Å². The van der Waals surface area contributed by atoms with Gasteiger partial charge in [-0.1, -0.05) is 200 Å². The molecule has 3 fully saturated rings. The van der Waals surface area contributed by atoms with Gasteiger partial charge in [-0.05, 0) is 12.8 Å². The summed E-state index contributed by atoms with van der Waals surface area (Å²) in [6.45, 7) is 2.20. The summed E-state index contributed by atoms with van der Waals surface area (Å²) in [5, 5.41) is 136. The van der Waals surface area contributed by atoms with E-state index in [0.717, 1.165) is 58.3 Å². The second-order valence-corrected chi connectivity index (χ2v) is 24.0. The highest BCUT2D eigenvalue weighted by atomic mass is 16.8. The normalized spacial score (nSPS) is 29.7. The molecule has 0 aromatic carbocycles. The molecule has 3 aliphatic rings. The summed E-state index contributed by atoms with van der Waals surface area (Å²) in [6.07, 6.45) is 6.84. The summed E-state index contributed by atoms with van der Waals surface area (Å²) in [6, 6.07) is -2.52. The summed E-state index contributed by atoms with van der Waals surface area (Å²) >= 11 is 0. The molecule has 3 aliphatic heterocycles. The second-order valence-electron chi connectivity index (χ2n) is 24.0. The molecule has 3 heterocycles. The molecule has 0 aromatic rings. The first-order chi connectivity index (χ1) is 40.4. The molecule has 0 spiro atoms. The van der Waals surface area contributed by atoms with Crippen molar-refractivity contribution in [1.29, 1.82) is 0 Å². The van der Waals surface area contributed by atoms with E-state index < -0.39 is 148 Å². The van der Waals surface area contributed by atoms with Crippen LogP contribution in [0, 0.1) is 0 Å². The lowest BCUT2D eigenvalue weighted by molar-refractivity contribution is -0.386. The Bertz CT molecular complexity index is 1720. The first-order valence-electron chi connectivity index (χ1n) is 32.4. The number of amides is 2. The molecule has 23 heteroatoms. The summed E-state index contributed by atoms with van der Waals surface area (Å²) in [7, 11) is 0. The van der Waals surface area contributed by atoms with Gasteiger partial charge in [-0.3, -0.25) is 9.59 Å². The topological polar surface area (TPSA) is 373 Å². The van der Waals surface area contributed by atoms with Crippen LogP contribution in [0.25, 0.3) is 0 Å². The summed E-state index contributed by atoms with van der Waals surface area (Å²) in [5.74, 6) is -6.09. The molecular weight excluding hydrogens is 1100 g/mol. The molecule has 0 saturated carbocycles. The van der Waals surface area contributed by atoms with Crippen molar-refractivity contribution in [2.45, 2.75) is 342 Å². The summed E-state index contributed by atoms with van der Waals surface area (Å²) < 4.78 is 34.8. The van der Waals surface area contributed by atoms with Crippen molar-refractivity contribution in [3.05, 3.63) is 0 Å². The number of hydrogen-bond acceptors (Lipinski definition) is 20. The highest BCUT2D eigenvalue weighted by molar-refractivity contribution is 5.77. The quantitative estimate of drug-likeness (QED) is 0.0380. The zero-order valence-corrected chi connectivity index (χ0v) is 51.0. The van der Waals surface area contributed by atoms with Crippen LogP contribution in [0.15, 0.2) is 0 Å². The predicted molar refractivity (Wildman–Crippen MR) is 311 cm³/mol. The number of aliphatic hydroxyl groups is 11. The van der Waals surface area contributed by atoms with Crippen molar-refractivity contribution in [3.8, 4) is 0 Å². The highest BCUT2D eigenvalue weighted by Gasteiger charge is 2.60. The number of aliphatic carboxylic acids is 1. The van der Waals surface area contributed by atoms with Crippen molar-refractivity contribution in [3.63, 3.8) is 0 Å². The minimum Gasteiger partial charge on any atom is -0.477 e. The maximum absolute atomic E-state index is 13.4. The van der Waals surface area contributed by atoms with Gasteiger partial charge in [0.15, 0.2) is 12.6 Å². The predicted octanol–water partition coefficient (Wildman–Crippen LogP) is 4.17. The molecule has 14 N–H and O–H groups in total. The van der Waals surface area contributed by atoms with Gasteiger partial charge in [-0.15, -0.1) is 0 Å². The van der Waals surface area contributed by atoms with E-state index in [9.17, 15) is 75.7 Å². The lowest BCUT2D eigenvalue weighted by Crippen LogP contribution is -2.70. The lowest BCUT2D eigenvalue weighted by atomic mass is 9.88. The largest absolute Gasteiger partial charge is 0.477 e. The Morgan fingerprint density at radius 1 is 0.571 bits per heavy atom. The minimum absolute atomic E-state index is 0.228. The average molecular weight is 1210 g/mol. The van der Waals surface area contributed by atoms with E-state index in [4.69, 9.17) is 28.4 Å². The number of carbonyl (C=O) groups excluding carboxylic acids is 2. The zero-order valence-electron chi connectivity index (χ0n) is 51.0. The number of unbranched alkanes of at least 4 members (excludes halogenated alkanes) is 28. The molecule has 0 aromatic heterocycles. The highest BCUT2D eigenvalue weighted by Crippen LogP contribution is 2.38. The Morgan fingerprint density at radius 3 is 1.49 bits per heavy atom. The van der Waals surface area contributed by atoms with Gasteiger partial charge in [0, 0.05) is 19.8 Å². The molecule has 84 heavy (non-hydrogen) atoms. The molecule has 18 atom stereocenters. The zero-order chi connectivity index (χ0) is 61.9. The van der Waals surface area contributed by atoms with Crippen LogP contribution in [0.1, 0.15) is 233 Å². The monoisotopic (exact) mass is 1210 g/mol. The molecule has 23 nitrogen and oxygen atoms in total. The van der Waals surface area contributed by atoms with Gasteiger partial charge < -0.3 is 100 Å². The maximum Gasteiger partial charge on any atom is 0.364 e. The van der Waals surface area contributed by atoms with E-state index in [1.165, 1.54) is 128 Å². The smallest absolute Gasteiger partial charge is 0.364 e. The van der Waals surface area contributed by atoms with Crippen LogP contribution < -0.4 is 10.6 Å². The van der Waals surface area contributed by atoms with Crippen molar-refractivity contribution >= 4 is 17.8 Å². The van der Waals surface area contributed by atoms with Gasteiger partial charge in [-0.25, -0.2) is 4.79 Å². The van der Waals surface area contributed by atoms with Crippen LogP contribution in [0.3, 0.4) is 0 Å². The Hall–Kier alpha value is -2.27. The van der Waals surface area contributed by atoms with Crippen molar-refractivity contribution < 1.29 is 104 Å².